The standard InChI is InChI=1S/C16H22N4O/c1-4-20(3)16(21)11(2)18-15-13(10-17)9-12-7-5-6-8-14(12)19-15/h9,11H,4-8H2,1-3H3,(H,18,19). The number of aryl methyl sites for hydroxylation is 2. The first-order valence-electron chi connectivity index (χ1n) is 7.51. The normalized spacial score (nSPS) is 14.8. The fourth-order valence-corrected chi connectivity index (χ4v) is 2.58. The third-order valence-electron chi connectivity index (χ3n) is 4.00. The Labute approximate surface area is 126 Å². The maximum absolute atomic E-state index is 12.1. The molecule has 0 spiro atoms. The number of carbonyl (C=O) groups is 1. The lowest BCUT2D eigenvalue weighted by Gasteiger charge is -2.23. The highest BCUT2D eigenvalue weighted by atomic mass is 16.2. The molecule has 1 aromatic rings. The molecular weight excluding hydrogens is 264 g/mol. The molecule has 1 N–H and O–H groups in total. The van der Waals surface area contributed by atoms with Gasteiger partial charge in [-0.2, -0.15) is 5.26 Å². The van der Waals surface area contributed by atoms with Gasteiger partial charge < -0.3 is 10.2 Å². The average Bonchev–Trinajstić information content (AvgIpc) is 2.52. The van der Waals surface area contributed by atoms with Crippen molar-refractivity contribution in [1.82, 2.24) is 9.88 Å². The van der Waals surface area contributed by atoms with Gasteiger partial charge in [-0.3, -0.25) is 4.79 Å². The van der Waals surface area contributed by atoms with Gasteiger partial charge in [-0.25, -0.2) is 4.98 Å². The van der Waals surface area contributed by atoms with Crippen LogP contribution in [0.4, 0.5) is 5.82 Å². The predicted octanol–water partition coefficient (Wildman–Crippen LogP) is 2.11. The molecule has 0 saturated heterocycles. The number of amides is 1. The van der Waals surface area contributed by atoms with Gasteiger partial charge in [0.1, 0.15) is 17.9 Å². The molecule has 1 unspecified atom stereocenters. The Kier molecular flexibility index (Phi) is 4.79. The molecule has 5 nitrogen and oxygen atoms in total. The van der Waals surface area contributed by atoms with Crippen molar-refractivity contribution in [3.63, 3.8) is 0 Å². The summed E-state index contributed by atoms with van der Waals surface area (Å²) in [5.41, 5.74) is 2.76. The lowest BCUT2D eigenvalue weighted by molar-refractivity contribution is -0.130. The van der Waals surface area contributed by atoms with Gasteiger partial charge in [-0.1, -0.05) is 0 Å². The highest BCUT2D eigenvalue weighted by Gasteiger charge is 2.20. The van der Waals surface area contributed by atoms with E-state index >= 15 is 0 Å². The number of nitrogens with zero attached hydrogens (tertiary/aromatic N) is 3. The van der Waals surface area contributed by atoms with Crippen LogP contribution in [0.5, 0.6) is 0 Å². The third-order valence-corrected chi connectivity index (χ3v) is 4.00. The minimum atomic E-state index is -0.392. The summed E-state index contributed by atoms with van der Waals surface area (Å²) in [6.45, 7) is 4.40. The van der Waals surface area contributed by atoms with Crippen LogP contribution >= 0.6 is 0 Å². The molecule has 1 amide bonds. The van der Waals surface area contributed by atoms with Crippen LogP contribution in [0.1, 0.15) is 43.5 Å². The van der Waals surface area contributed by atoms with Gasteiger partial charge in [0.15, 0.2) is 0 Å². The average molecular weight is 286 g/mol. The molecule has 0 aliphatic heterocycles. The summed E-state index contributed by atoms with van der Waals surface area (Å²) in [6, 6.07) is 3.71. The highest BCUT2D eigenvalue weighted by molar-refractivity contribution is 5.84. The number of fused-ring (bicyclic) bond motifs is 1. The van der Waals surface area contributed by atoms with Gasteiger partial charge in [0.05, 0.1) is 5.56 Å². The molecule has 2 rings (SSSR count). The fourth-order valence-electron chi connectivity index (χ4n) is 2.58. The van der Waals surface area contributed by atoms with E-state index < -0.39 is 6.04 Å². The molecule has 1 aliphatic carbocycles. The van der Waals surface area contributed by atoms with Crippen molar-refractivity contribution in [3.05, 3.63) is 22.9 Å². The lowest BCUT2D eigenvalue weighted by Crippen LogP contribution is -2.39. The van der Waals surface area contributed by atoms with E-state index in [2.05, 4.69) is 16.4 Å². The summed E-state index contributed by atoms with van der Waals surface area (Å²) in [4.78, 5) is 18.4. The summed E-state index contributed by atoms with van der Waals surface area (Å²) in [5, 5.41) is 12.4. The molecule has 0 fully saturated rings. The zero-order valence-electron chi connectivity index (χ0n) is 12.9. The van der Waals surface area contributed by atoms with E-state index in [1.807, 2.05) is 13.0 Å². The van der Waals surface area contributed by atoms with Crippen molar-refractivity contribution in [3.8, 4) is 6.07 Å². The van der Waals surface area contributed by atoms with Gasteiger partial charge in [0, 0.05) is 19.3 Å². The first-order valence-corrected chi connectivity index (χ1v) is 7.51. The SMILES string of the molecule is CCN(C)C(=O)C(C)Nc1nc2c(cc1C#N)CCCC2. The lowest BCUT2D eigenvalue weighted by atomic mass is 9.95. The number of likely N-dealkylation sites (N-methyl/N-ethyl adjacent to an activating group) is 1. The van der Waals surface area contributed by atoms with Crippen LogP contribution in [0.25, 0.3) is 0 Å². The molecule has 0 saturated carbocycles. The van der Waals surface area contributed by atoms with Crippen LogP contribution in [0.15, 0.2) is 6.07 Å². The summed E-state index contributed by atoms with van der Waals surface area (Å²) in [7, 11) is 1.77. The number of aromatic nitrogens is 1. The van der Waals surface area contributed by atoms with Crippen LogP contribution in [-0.4, -0.2) is 35.4 Å². The van der Waals surface area contributed by atoms with Crippen LogP contribution in [0.3, 0.4) is 0 Å². The Morgan fingerprint density at radius 1 is 1.52 bits per heavy atom. The first kappa shape index (κ1) is 15.3. The van der Waals surface area contributed by atoms with Crippen molar-refractivity contribution in [2.24, 2.45) is 0 Å². The molecule has 1 aliphatic rings. The van der Waals surface area contributed by atoms with Crippen LogP contribution in [0.2, 0.25) is 0 Å². The molecule has 1 atom stereocenters. The molecule has 5 heteroatoms. The maximum atomic E-state index is 12.1. The minimum absolute atomic E-state index is 0.000843. The van der Waals surface area contributed by atoms with E-state index in [-0.39, 0.29) is 5.91 Å². The predicted molar refractivity (Wildman–Crippen MR) is 82.0 cm³/mol. The van der Waals surface area contributed by atoms with Crippen molar-refractivity contribution in [2.75, 3.05) is 18.9 Å². The molecule has 1 heterocycles. The van der Waals surface area contributed by atoms with Gasteiger partial charge >= 0.3 is 0 Å². The Balaban J connectivity index is 2.23. The van der Waals surface area contributed by atoms with Crippen LogP contribution in [0, 0.1) is 11.3 Å². The number of anilines is 1. The number of rotatable bonds is 4. The van der Waals surface area contributed by atoms with Crippen LogP contribution < -0.4 is 5.32 Å². The van der Waals surface area contributed by atoms with E-state index in [4.69, 9.17) is 0 Å². The van der Waals surface area contributed by atoms with Crippen molar-refractivity contribution >= 4 is 11.7 Å². The van der Waals surface area contributed by atoms with Crippen molar-refractivity contribution in [1.29, 1.82) is 5.26 Å². The summed E-state index contributed by atoms with van der Waals surface area (Å²) >= 11 is 0. The first-order chi connectivity index (χ1) is 10.1. The maximum Gasteiger partial charge on any atom is 0.244 e. The summed E-state index contributed by atoms with van der Waals surface area (Å²) in [6.07, 6.45) is 4.23. The van der Waals surface area contributed by atoms with Gasteiger partial charge in [-0.05, 0) is 51.2 Å². The van der Waals surface area contributed by atoms with Crippen LogP contribution in [-0.2, 0) is 17.6 Å². The number of nitrogens with one attached hydrogen (secondary N) is 1. The molecule has 0 aromatic carbocycles. The minimum Gasteiger partial charge on any atom is -0.358 e. The van der Waals surface area contributed by atoms with E-state index in [0.717, 1.165) is 31.4 Å². The number of hydrogen-bond donors (Lipinski definition) is 1. The zero-order valence-corrected chi connectivity index (χ0v) is 12.9. The smallest absolute Gasteiger partial charge is 0.244 e. The van der Waals surface area contributed by atoms with Gasteiger partial charge in [-0.15, -0.1) is 0 Å². The van der Waals surface area contributed by atoms with E-state index in [1.165, 1.54) is 5.56 Å². The number of pyridine rings is 1. The summed E-state index contributed by atoms with van der Waals surface area (Å²) < 4.78 is 0. The molecule has 0 radical (unpaired) electrons. The largest absolute Gasteiger partial charge is 0.358 e. The Bertz CT molecular complexity index is 576. The van der Waals surface area contributed by atoms with Crippen molar-refractivity contribution < 1.29 is 4.79 Å². The number of hydrogen-bond acceptors (Lipinski definition) is 4. The zero-order chi connectivity index (χ0) is 15.4. The third kappa shape index (κ3) is 3.33. The molecular formula is C16H22N4O. The molecule has 1 aromatic heterocycles. The summed E-state index contributed by atoms with van der Waals surface area (Å²) in [5.74, 6) is 0.532. The number of carbonyl (C=O) groups excluding carboxylic acids is 1. The van der Waals surface area contributed by atoms with Crippen molar-refractivity contribution in [2.45, 2.75) is 45.6 Å². The monoisotopic (exact) mass is 286 g/mol. The quantitative estimate of drug-likeness (QED) is 0.920. The highest BCUT2D eigenvalue weighted by Crippen LogP contribution is 2.24. The Morgan fingerprint density at radius 3 is 2.90 bits per heavy atom. The Morgan fingerprint density at radius 2 is 2.24 bits per heavy atom. The molecule has 0 bridgehead atoms. The van der Waals surface area contributed by atoms with Gasteiger partial charge in [0.25, 0.3) is 0 Å². The number of nitriles is 1. The second-order valence-corrected chi connectivity index (χ2v) is 5.53. The van der Waals surface area contributed by atoms with E-state index in [0.29, 0.717) is 17.9 Å². The topological polar surface area (TPSA) is 69.0 Å². The van der Waals surface area contributed by atoms with Gasteiger partial charge in [0.2, 0.25) is 5.91 Å². The molecule has 112 valence electrons. The Hall–Kier alpha value is -2.09. The molecule has 21 heavy (non-hydrogen) atoms. The van der Waals surface area contributed by atoms with E-state index in [1.54, 1.807) is 18.9 Å². The fraction of sp³-hybridized carbons (Fsp3) is 0.562. The van der Waals surface area contributed by atoms with E-state index in [9.17, 15) is 10.1 Å². The second kappa shape index (κ2) is 6.57. The second-order valence-electron chi connectivity index (χ2n) is 5.53.